The van der Waals surface area contributed by atoms with Crippen molar-refractivity contribution >= 4 is 22.7 Å². The second-order valence-corrected chi connectivity index (χ2v) is 4.36. The van der Waals surface area contributed by atoms with E-state index in [4.69, 9.17) is 10.5 Å². The van der Waals surface area contributed by atoms with Crippen molar-refractivity contribution in [2.45, 2.75) is 6.92 Å². The van der Waals surface area contributed by atoms with Gasteiger partial charge in [-0.05, 0) is 36.8 Å². The first-order valence-corrected chi connectivity index (χ1v) is 5.97. The van der Waals surface area contributed by atoms with Gasteiger partial charge in [-0.25, -0.2) is 0 Å². The number of benzene rings is 2. The number of nitrogens with two attached hydrogens (primary N) is 1. The largest absolute Gasteiger partial charge is 0.495 e. The molecule has 6 nitrogen and oxygen atoms in total. The van der Waals surface area contributed by atoms with E-state index in [2.05, 4.69) is 5.32 Å². The fraction of sp³-hybridized carbons (Fsp3) is 0.143. The maximum absolute atomic E-state index is 11.1. The molecule has 2 aromatic carbocycles. The van der Waals surface area contributed by atoms with Gasteiger partial charge in [-0.15, -0.1) is 0 Å². The first-order valence-electron chi connectivity index (χ1n) is 5.97. The van der Waals surface area contributed by atoms with Crippen LogP contribution in [0.1, 0.15) is 5.56 Å². The van der Waals surface area contributed by atoms with Gasteiger partial charge in [-0.1, -0.05) is 6.07 Å². The lowest BCUT2D eigenvalue weighted by Gasteiger charge is -2.12. The lowest BCUT2D eigenvalue weighted by Crippen LogP contribution is -2.00. The van der Waals surface area contributed by atoms with Crippen molar-refractivity contribution in [3.05, 3.63) is 52.1 Å². The van der Waals surface area contributed by atoms with E-state index >= 15 is 0 Å². The second-order valence-electron chi connectivity index (χ2n) is 4.36. The minimum atomic E-state index is -0.471. The van der Waals surface area contributed by atoms with Crippen LogP contribution in [0.4, 0.5) is 22.7 Å². The van der Waals surface area contributed by atoms with Crippen molar-refractivity contribution in [3.63, 3.8) is 0 Å². The zero-order chi connectivity index (χ0) is 14.7. The van der Waals surface area contributed by atoms with Gasteiger partial charge in [0.05, 0.1) is 17.7 Å². The Bertz CT molecular complexity index is 656. The van der Waals surface area contributed by atoms with Crippen LogP contribution < -0.4 is 15.8 Å². The van der Waals surface area contributed by atoms with Gasteiger partial charge in [0.1, 0.15) is 11.4 Å². The highest BCUT2D eigenvalue weighted by atomic mass is 16.6. The molecule has 0 unspecified atom stereocenters. The van der Waals surface area contributed by atoms with Gasteiger partial charge in [0.25, 0.3) is 5.69 Å². The number of hydrogen-bond acceptors (Lipinski definition) is 5. The number of nitrogens with one attached hydrogen (secondary N) is 1. The fourth-order valence-corrected chi connectivity index (χ4v) is 1.87. The van der Waals surface area contributed by atoms with E-state index in [0.29, 0.717) is 22.8 Å². The lowest BCUT2D eigenvalue weighted by molar-refractivity contribution is -0.383. The summed E-state index contributed by atoms with van der Waals surface area (Å²) in [7, 11) is 1.55. The van der Waals surface area contributed by atoms with Gasteiger partial charge >= 0.3 is 0 Å². The van der Waals surface area contributed by atoms with Crippen LogP contribution in [0.5, 0.6) is 5.75 Å². The second kappa shape index (κ2) is 5.48. The zero-order valence-electron chi connectivity index (χ0n) is 11.2. The molecule has 2 rings (SSSR count). The SMILES string of the molecule is COc1ccc(C)cc1Nc1ccc(N)cc1[N+](=O)[O-]. The summed E-state index contributed by atoms with van der Waals surface area (Å²) in [5.41, 5.74) is 7.91. The summed E-state index contributed by atoms with van der Waals surface area (Å²) in [5, 5.41) is 14.1. The van der Waals surface area contributed by atoms with E-state index in [1.165, 1.54) is 6.07 Å². The molecular formula is C14H15N3O3. The predicted octanol–water partition coefficient (Wildman–Crippen LogP) is 3.24. The third-order valence-corrected chi connectivity index (χ3v) is 2.84. The van der Waals surface area contributed by atoms with Crippen molar-refractivity contribution in [2.24, 2.45) is 0 Å². The van der Waals surface area contributed by atoms with E-state index in [1.54, 1.807) is 25.3 Å². The molecule has 0 heterocycles. The van der Waals surface area contributed by atoms with Crippen LogP contribution >= 0.6 is 0 Å². The van der Waals surface area contributed by atoms with Gasteiger partial charge in [0.2, 0.25) is 0 Å². The normalized spacial score (nSPS) is 10.1. The molecule has 0 saturated heterocycles. The minimum Gasteiger partial charge on any atom is -0.495 e. The minimum absolute atomic E-state index is 0.0754. The Morgan fingerprint density at radius 3 is 2.60 bits per heavy atom. The number of rotatable bonds is 4. The topological polar surface area (TPSA) is 90.4 Å². The third kappa shape index (κ3) is 2.80. The molecule has 2 aromatic rings. The Balaban J connectivity index is 2.44. The molecule has 3 N–H and O–H groups in total. The van der Waals surface area contributed by atoms with Crippen LogP contribution in [-0.4, -0.2) is 12.0 Å². The van der Waals surface area contributed by atoms with Gasteiger partial charge in [-0.2, -0.15) is 0 Å². The van der Waals surface area contributed by atoms with Crippen molar-refractivity contribution in [1.29, 1.82) is 0 Å². The molecular weight excluding hydrogens is 258 g/mol. The monoisotopic (exact) mass is 273 g/mol. The quantitative estimate of drug-likeness (QED) is 0.507. The van der Waals surface area contributed by atoms with Gasteiger partial charge in [0.15, 0.2) is 0 Å². The number of nitrogens with zero attached hydrogens (tertiary/aromatic N) is 1. The van der Waals surface area contributed by atoms with Crippen LogP contribution in [-0.2, 0) is 0 Å². The van der Waals surface area contributed by atoms with Gasteiger partial charge < -0.3 is 15.8 Å². The summed E-state index contributed by atoms with van der Waals surface area (Å²) < 4.78 is 5.24. The number of nitro benzene ring substituents is 1. The summed E-state index contributed by atoms with van der Waals surface area (Å²) in [4.78, 5) is 10.6. The number of aryl methyl sites for hydroxylation is 1. The first kappa shape index (κ1) is 13.7. The van der Waals surface area contributed by atoms with Crippen molar-refractivity contribution in [3.8, 4) is 5.75 Å². The summed E-state index contributed by atoms with van der Waals surface area (Å²) in [6.07, 6.45) is 0. The molecule has 0 atom stereocenters. The van der Waals surface area contributed by atoms with Crippen LogP contribution in [0.3, 0.4) is 0 Å². The summed E-state index contributed by atoms with van der Waals surface area (Å²) in [6.45, 7) is 1.93. The Morgan fingerprint density at radius 2 is 1.95 bits per heavy atom. The Kier molecular flexibility index (Phi) is 3.74. The van der Waals surface area contributed by atoms with Crippen molar-refractivity contribution < 1.29 is 9.66 Å². The lowest BCUT2D eigenvalue weighted by atomic mass is 10.2. The van der Waals surface area contributed by atoms with Crippen LogP contribution in [0.25, 0.3) is 0 Å². The molecule has 0 radical (unpaired) electrons. The van der Waals surface area contributed by atoms with Crippen LogP contribution in [0.15, 0.2) is 36.4 Å². The van der Waals surface area contributed by atoms with E-state index in [-0.39, 0.29) is 5.69 Å². The van der Waals surface area contributed by atoms with Crippen molar-refractivity contribution in [1.82, 2.24) is 0 Å². The predicted molar refractivity (Wildman–Crippen MR) is 78.5 cm³/mol. The zero-order valence-corrected chi connectivity index (χ0v) is 11.2. The number of ether oxygens (including phenoxy) is 1. The van der Waals surface area contributed by atoms with Crippen LogP contribution in [0, 0.1) is 17.0 Å². The highest BCUT2D eigenvalue weighted by Crippen LogP contribution is 2.33. The highest BCUT2D eigenvalue weighted by molar-refractivity contribution is 5.75. The molecule has 0 aliphatic carbocycles. The molecule has 0 saturated carbocycles. The maximum atomic E-state index is 11.1. The Labute approximate surface area is 116 Å². The average molecular weight is 273 g/mol. The standard InChI is InChI=1S/C14H15N3O3/c1-9-3-6-14(20-2)12(7-9)16-11-5-4-10(15)8-13(11)17(18)19/h3-8,16H,15H2,1-2H3. The fourth-order valence-electron chi connectivity index (χ4n) is 1.87. The van der Waals surface area contributed by atoms with Crippen molar-refractivity contribution in [2.75, 3.05) is 18.2 Å². The number of nitro groups is 1. The smallest absolute Gasteiger partial charge is 0.294 e. The number of hydrogen-bond donors (Lipinski definition) is 2. The molecule has 104 valence electrons. The summed E-state index contributed by atoms with van der Waals surface area (Å²) in [6, 6.07) is 10.1. The van der Waals surface area contributed by atoms with E-state index in [9.17, 15) is 10.1 Å². The number of methoxy groups -OCH3 is 1. The van der Waals surface area contributed by atoms with Gasteiger partial charge in [0, 0.05) is 11.8 Å². The maximum Gasteiger partial charge on any atom is 0.294 e. The number of anilines is 3. The molecule has 0 aliphatic heterocycles. The van der Waals surface area contributed by atoms with Crippen LogP contribution in [0.2, 0.25) is 0 Å². The third-order valence-electron chi connectivity index (χ3n) is 2.84. The summed E-state index contributed by atoms with van der Waals surface area (Å²) >= 11 is 0. The molecule has 0 fully saturated rings. The number of nitrogen functional groups attached to an aromatic ring is 1. The Morgan fingerprint density at radius 1 is 1.20 bits per heavy atom. The highest BCUT2D eigenvalue weighted by Gasteiger charge is 2.15. The molecule has 6 heteroatoms. The summed E-state index contributed by atoms with van der Waals surface area (Å²) in [5.74, 6) is 0.613. The molecule has 20 heavy (non-hydrogen) atoms. The van der Waals surface area contributed by atoms with E-state index in [1.807, 2.05) is 19.1 Å². The molecule has 0 aromatic heterocycles. The first-order chi connectivity index (χ1) is 9.51. The molecule has 0 bridgehead atoms. The van der Waals surface area contributed by atoms with Gasteiger partial charge in [-0.3, -0.25) is 10.1 Å². The molecule has 0 amide bonds. The van der Waals surface area contributed by atoms with E-state index in [0.717, 1.165) is 5.56 Å². The molecule has 0 aliphatic rings. The molecule has 0 spiro atoms. The van der Waals surface area contributed by atoms with E-state index < -0.39 is 4.92 Å². The Hall–Kier alpha value is -2.76. The average Bonchev–Trinajstić information content (AvgIpc) is 2.41.